The summed E-state index contributed by atoms with van der Waals surface area (Å²) < 4.78 is 2.66. The highest BCUT2D eigenvalue weighted by molar-refractivity contribution is 8.01. The van der Waals surface area contributed by atoms with Crippen molar-refractivity contribution in [1.82, 2.24) is 10.0 Å². The molecule has 6 heteroatoms. The van der Waals surface area contributed by atoms with E-state index in [1.54, 1.807) is 26.4 Å². The molecule has 0 aliphatic heterocycles. The molecule has 0 saturated heterocycles. The van der Waals surface area contributed by atoms with Crippen molar-refractivity contribution in [2.45, 2.75) is 0 Å². The number of para-hydroxylation sites is 1. The quantitative estimate of drug-likeness (QED) is 0.590. The molecule has 0 atom stereocenters. The molecule has 1 amide bonds. The summed E-state index contributed by atoms with van der Waals surface area (Å²) in [5, 5.41) is 6.23. The molecule has 0 aliphatic rings. The van der Waals surface area contributed by atoms with E-state index in [2.05, 4.69) is 15.4 Å². The lowest BCUT2D eigenvalue weighted by Crippen LogP contribution is -2.19. The Labute approximate surface area is 105 Å². The Morgan fingerprint density at radius 1 is 1.35 bits per heavy atom. The third-order valence-electron chi connectivity index (χ3n) is 1.99. The summed E-state index contributed by atoms with van der Waals surface area (Å²) in [6.45, 7) is 0. The third-order valence-corrected chi connectivity index (χ3v) is 2.63. The maximum Gasteiger partial charge on any atom is 0.263 e. The summed E-state index contributed by atoms with van der Waals surface area (Å²) in [5.74, 6) is -0.188. The molecule has 17 heavy (non-hydrogen) atoms. The summed E-state index contributed by atoms with van der Waals surface area (Å²) >= 11 is 1.07. The van der Waals surface area contributed by atoms with Gasteiger partial charge in [0.05, 0.1) is 5.56 Å². The van der Waals surface area contributed by atoms with E-state index in [0.29, 0.717) is 10.6 Å². The van der Waals surface area contributed by atoms with Gasteiger partial charge in [0.2, 0.25) is 0 Å². The Balaban J connectivity index is 2.67. The van der Waals surface area contributed by atoms with E-state index in [0.717, 1.165) is 17.6 Å². The van der Waals surface area contributed by atoms with Crippen LogP contribution in [0, 0.1) is 0 Å². The SMILES string of the molecule is CN/C=C(/N)SNC(=O)c1ccccc1NC. The smallest absolute Gasteiger partial charge is 0.263 e. The molecule has 0 spiro atoms. The fourth-order valence-corrected chi connectivity index (χ4v) is 1.73. The molecular weight excluding hydrogens is 236 g/mol. The van der Waals surface area contributed by atoms with Crippen LogP contribution in [0.25, 0.3) is 0 Å². The van der Waals surface area contributed by atoms with Gasteiger partial charge >= 0.3 is 0 Å². The van der Waals surface area contributed by atoms with Crippen LogP contribution >= 0.6 is 11.9 Å². The van der Waals surface area contributed by atoms with Crippen LogP contribution in [0.5, 0.6) is 0 Å². The van der Waals surface area contributed by atoms with Crippen LogP contribution in [0.2, 0.25) is 0 Å². The number of nitrogens with two attached hydrogens (primary N) is 1. The normalized spacial score (nSPS) is 10.8. The van der Waals surface area contributed by atoms with Crippen LogP contribution in [-0.2, 0) is 0 Å². The monoisotopic (exact) mass is 252 g/mol. The Bertz CT molecular complexity index is 420. The molecule has 0 saturated carbocycles. The fraction of sp³-hybridized carbons (Fsp3) is 0.182. The standard InChI is InChI=1S/C11H16N4OS/c1-13-7-10(12)17-15-11(16)8-5-3-4-6-9(8)14-2/h3-7,13-14H,12H2,1-2H3,(H,15,16)/b10-7-. The van der Waals surface area contributed by atoms with Crippen LogP contribution in [-0.4, -0.2) is 20.0 Å². The third kappa shape index (κ3) is 3.92. The number of carbonyl (C=O) groups excluding carboxylic acids is 1. The fourth-order valence-electron chi connectivity index (χ4n) is 1.23. The molecule has 0 fully saturated rings. The van der Waals surface area contributed by atoms with Crippen molar-refractivity contribution >= 4 is 23.5 Å². The molecule has 0 heterocycles. The van der Waals surface area contributed by atoms with Crippen molar-refractivity contribution in [1.29, 1.82) is 0 Å². The number of amides is 1. The van der Waals surface area contributed by atoms with Crippen LogP contribution in [0.3, 0.4) is 0 Å². The number of rotatable bonds is 5. The maximum atomic E-state index is 11.9. The van der Waals surface area contributed by atoms with Crippen molar-refractivity contribution in [3.05, 3.63) is 41.1 Å². The molecule has 1 aromatic carbocycles. The summed E-state index contributed by atoms with van der Waals surface area (Å²) in [4.78, 5) is 11.9. The van der Waals surface area contributed by atoms with Crippen molar-refractivity contribution in [3.8, 4) is 0 Å². The van der Waals surface area contributed by atoms with Gasteiger partial charge in [0.1, 0.15) is 5.03 Å². The number of hydrogen-bond acceptors (Lipinski definition) is 5. The van der Waals surface area contributed by atoms with Gasteiger partial charge in [0, 0.05) is 37.9 Å². The molecular formula is C11H16N4OS. The van der Waals surface area contributed by atoms with E-state index in [9.17, 15) is 4.79 Å². The lowest BCUT2D eigenvalue weighted by Gasteiger charge is -2.08. The highest BCUT2D eigenvalue weighted by atomic mass is 32.2. The largest absolute Gasteiger partial charge is 0.392 e. The van der Waals surface area contributed by atoms with Crippen molar-refractivity contribution in [2.75, 3.05) is 19.4 Å². The Hall–Kier alpha value is -1.82. The Morgan fingerprint density at radius 3 is 2.71 bits per heavy atom. The minimum atomic E-state index is -0.188. The number of carbonyl (C=O) groups is 1. The lowest BCUT2D eigenvalue weighted by atomic mass is 10.2. The minimum Gasteiger partial charge on any atom is -0.392 e. The second kappa shape index (κ2) is 6.70. The van der Waals surface area contributed by atoms with E-state index in [1.807, 2.05) is 18.2 Å². The molecule has 0 bridgehead atoms. The van der Waals surface area contributed by atoms with Gasteiger partial charge in [-0.15, -0.1) is 0 Å². The Morgan fingerprint density at radius 2 is 2.06 bits per heavy atom. The molecule has 1 rings (SSSR count). The van der Waals surface area contributed by atoms with E-state index >= 15 is 0 Å². The minimum absolute atomic E-state index is 0.188. The van der Waals surface area contributed by atoms with Gasteiger partial charge in [-0.3, -0.25) is 9.52 Å². The molecule has 5 nitrogen and oxygen atoms in total. The summed E-state index contributed by atoms with van der Waals surface area (Å²) in [7, 11) is 3.51. The predicted molar refractivity (Wildman–Crippen MR) is 72.4 cm³/mol. The first-order chi connectivity index (χ1) is 8.19. The average molecular weight is 252 g/mol. The number of anilines is 1. The zero-order valence-electron chi connectivity index (χ0n) is 9.78. The van der Waals surface area contributed by atoms with Crippen LogP contribution in [0.1, 0.15) is 10.4 Å². The van der Waals surface area contributed by atoms with Crippen LogP contribution < -0.4 is 21.1 Å². The van der Waals surface area contributed by atoms with Crippen molar-refractivity contribution < 1.29 is 4.79 Å². The molecule has 92 valence electrons. The van der Waals surface area contributed by atoms with Gasteiger partial charge in [0.15, 0.2) is 0 Å². The topological polar surface area (TPSA) is 79.2 Å². The number of benzene rings is 1. The molecule has 1 aromatic rings. The number of nitrogens with one attached hydrogen (secondary N) is 3. The van der Waals surface area contributed by atoms with E-state index in [1.165, 1.54) is 0 Å². The molecule has 5 N–H and O–H groups in total. The zero-order valence-corrected chi connectivity index (χ0v) is 10.6. The summed E-state index contributed by atoms with van der Waals surface area (Å²) in [6.07, 6.45) is 1.61. The average Bonchev–Trinajstić information content (AvgIpc) is 2.36. The van der Waals surface area contributed by atoms with Gasteiger partial charge in [-0.05, 0) is 12.1 Å². The second-order valence-electron chi connectivity index (χ2n) is 3.16. The molecule has 0 radical (unpaired) electrons. The predicted octanol–water partition coefficient (Wildman–Crippen LogP) is 1.08. The molecule has 0 aliphatic carbocycles. The van der Waals surface area contributed by atoms with Gasteiger partial charge < -0.3 is 16.4 Å². The summed E-state index contributed by atoms with van der Waals surface area (Å²) in [6, 6.07) is 7.27. The zero-order chi connectivity index (χ0) is 12.7. The van der Waals surface area contributed by atoms with Crippen LogP contribution in [0.4, 0.5) is 5.69 Å². The Kier molecular flexibility index (Phi) is 5.22. The van der Waals surface area contributed by atoms with Gasteiger partial charge in [-0.1, -0.05) is 12.1 Å². The molecule has 0 unspecified atom stereocenters. The molecule has 0 aromatic heterocycles. The van der Waals surface area contributed by atoms with Crippen LogP contribution in [0.15, 0.2) is 35.5 Å². The van der Waals surface area contributed by atoms with Crippen molar-refractivity contribution in [3.63, 3.8) is 0 Å². The summed E-state index contributed by atoms with van der Waals surface area (Å²) in [5.41, 5.74) is 6.97. The van der Waals surface area contributed by atoms with E-state index < -0.39 is 0 Å². The van der Waals surface area contributed by atoms with E-state index in [4.69, 9.17) is 5.73 Å². The maximum absolute atomic E-state index is 11.9. The van der Waals surface area contributed by atoms with E-state index in [-0.39, 0.29) is 5.91 Å². The van der Waals surface area contributed by atoms with Gasteiger partial charge in [-0.2, -0.15) is 0 Å². The highest BCUT2D eigenvalue weighted by Crippen LogP contribution is 2.15. The first-order valence-electron chi connectivity index (χ1n) is 5.06. The number of hydrogen-bond donors (Lipinski definition) is 4. The van der Waals surface area contributed by atoms with Gasteiger partial charge in [0.25, 0.3) is 5.91 Å². The lowest BCUT2D eigenvalue weighted by molar-refractivity contribution is 0.0985. The first kappa shape index (κ1) is 13.2. The van der Waals surface area contributed by atoms with Gasteiger partial charge in [-0.25, -0.2) is 0 Å². The highest BCUT2D eigenvalue weighted by Gasteiger charge is 2.09. The van der Waals surface area contributed by atoms with Crippen molar-refractivity contribution in [2.24, 2.45) is 5.73 Å². The first-order valence-corrected chi connectivity index (χ1v) is 5.87. The second-order valence-corrected chi connectivity index (χ2v) is 4.04.